The summed E-state index contributed by atoms with van der Waals surface area (Å²) in [5, 5.41) is 9.15. The molecule has 0 spiro atoms. The maximum absolute atomic E-state index is 13.6. The van der Waals surface area contributed by atoms with Crippen LogP contribution in [0.4, 0.5) is 4.39 Å². The fraction of sp³-hybridized carbons (Fsp3) is 0.588. The van der Waals surface area contributed by atoms with Crippen molar-refractivity contribution in [2.45, 2.75) is 25.8 Å². The minimum atomic E-state index is -3.22. The van der Waals surface area contributed by atoms with Crippen LogP contribution in [0.2, 0.25) is 0 Å². The van der Waals surface area contributed by atoms with Gasteiger partial charge < -0.3 is 9.84 Å². The van der Waals surface area contributed by atoms with Crippen molar-refractivity contribution in [2.24, 2.45) is 0 Å². The van der Waals surface area contributed by atoms with Gasteiger partial charge in [0.05, 0.1) is 12.3 Å². The molecule has 1 fully saturated rings. The second-order valence-corrected chi connectivity index (χ2v) is 8.43. The summed E-state index contributed by atoms with van der Waals surface area (Å²) in [5.41, 5.74) is 0. The van der Waals surface area contributed by atoms with Crippen LogP contribution >= 0.6 is 12.4 Å². The van der Waals surface area contributed by atoms with Crippen LogP contribution in [-0.2, 0) is 14.8 Å². The molecule has 1 saturated heterocycles. The van der Waals surface area contributed by atoms with Crippen LogP contribution < -0.4 is 4.74 Å². The maximum atomic E-state index is 13.6. The summed E-state index contributed by atoms with van der Waals surface area (Å²) in [6.07, 6.45) is 1.12. The lowest BCUT2D eigenvalue weighted by molar-refractivity contribution is -0.139. The summed E-state index contributed by atoms with van der Waals surface area (Å²) in [7, 11) is -3.22. The smallest absolute Gasteiger partial charge is 0.317 e. The van der Waals surface area contributed by atoms with Crippen LogP contribution in [0.15, 0.2) is 24.3 Å². The third-order valence-corrected chi connectivity index (χ3v) is 6.39. The molecule has 1 aromatic carbocycles. The van der Waals surface area contributed by atoms with E-state index >= 15 is 0 Å². The fourth-order valence-electron chi connectivity index (χ4n) is 3.07. The number of carboxylic acid groups (broad SMARTS) is 1. The zero-order valence-electron chi connectivity index (χ0n) is 15.2. The van der Waals surface area contributed by atoms with Crippen molar-refractivity contribution < 1.29 is 27.4 Å². The van der Waals surface area contributed by atoms with Gasteiger partial charge >= 0.3 is 5.97 Å². The number of piperidine rings is 1. The first-order valence-electron chi connectivity index (χ1n) is 8.64. The van der Waals surface area contributed by atoms with Gasteiger partial charge in [0.2, 0.25) is 10.0 Å². The van der Waals surface area contributed by atoms with E-state index in [-0.39, 0.29) is 43.1 Å². The minimum absolute atomic E-state index is 0. The Morgan fingerprint density at radius 3 is 2.52 bits per heavy atom. The summed E-state index contributed by atoms with van der Waals surface area (Å²) in [5.74, 6) is -1.23. The Morgan fingerprint density at radius 2 is 1.96 bits per heavy atom. The number of rotatable bonds is 9. The zero-order valence-corrected chi connectivity index (χ0v) is 16.8. The standard InChI is InChI=1S/C17H25FN2O5S.ClH/c1-2-26(23,24)20-9-7-14(8-10-20)19(13-17(21)22)11-12-25-16-6-4-3-5-15(16)18;/h3-6,14H,2,7-13H2,1H3,(H,21,22);1H. The number of para-hydroxylation sites is 1. The average molecular weight is 425 g/mol. The third kappa shape index (κ3) is 6.91. The Morgan fingerprint density at radius 1 is 1.33 bits per heavy atom. The number of ether oxygens (including phenoxy) is 1. The van der Waals surface area contributed by atoms with E-state index in [4.69, 9.17) is 9.84 Å². The van der Waals surface area contributed by atoms with Crippen LogP contribution in [0.25, 0.3) is 0 Å². The molecule has 27 heavy (non-hydrogen) atoms. The second kappa shape index (κ2) is 10.8. The van der Waals surface area contributed by atoms with Crippen molar-refractivity contribution in [1.82, 2.24) is 9.21 Å². The maximum Gasteiger partial charge on any atom is 0.317 e. The van der Waals surface area contributed by atoms with Gasteiger partial charge in [-0.3, -0.25) is 9.69 Å². The number of sulfonamides is 1. The minimum Gasteiger partial charge on any atom is -0.489 e. The fourth-order valence-corrected chi connectivity index (χ4v) is 4.20. The Kier molecular flexibility index (Phi) is 9.44. The van der Waals surface area contributed by atoms with E-state index in [1.54, 1.807) is 24.0 Å². The van der Waals surface area contributed by atoms with E-state index in [2.05, 4.69) is 0 Å². The molecule has 2 rings (SSSR count). The van der Waals surface area contributed by atoms with Crippen LogP contribution in [0, 0.1) is 5.82 Å². The van der Waals surface area contributed by atoms with Crippen LogP contribution in [0.3, 0.4) is 0 Å². The normalized spacial score (nSPS) is 16.1. The first kappa shape index (κ1) is 23.6. The lowest BCUT2D eigenvalue weighted by atomic mass is 10.0. The van der Waals surface area contributed by atoms with Gasteiger partial charge in [-0.15, -0.1) is 12.4 Å². The van der Waals surface area contributed by atoms with E-state index in [0.717, 1.165) is 0 Å². The molecule has 1 heterocycles. The highest BCUT2D eigenvalue weighted by molar-refractivity contribution is 7.89. The molecule has 7 nitrogen and oxygen atoms in total. The number of halogens is 2. The molecule has 0 aromatic heterocycles. The van der Waals surface area contributed by atoms with Crippen LogP contribution in [0.5, 0.6) is 5.75 Å². The van der Waals surface area contributed by atoms with Gasteiger partial charge in [-0.1, -0.05) is 12.1 Å². The Balaban J connectivity index is 0.00000364. The van der Waals surface area contributed by atoms with Gasteiger partial charge in [0.25, 0.3) is 0 Å². The monoisotopic (exact) mass is 424 g/mol. The van der Waals surface area contributed by atoms with Crippen molar-refractivity contribution in [1.29, 1.82) is 0 Å². The van der Waals surface area contributed by atoms with Gasteiger partial charge in [0.1, 0.15) is 6.61 Å². The summed E-state index contributed by atoms with van der Waals surface area (Å²) in [6, 6.07) is 6.01. The van der Waals surface area contributed by atoms with Gasteiger partial charge in [0, 0.05) is 25.7 Å². The van der Waals surface area contributed by atoms with Crippen LogP contribution in [-0.4, -0.2) is 73.3 Å². The molecule has 0 atom stereocenters. The predicted molar refractivity (Wildman–Crippen MR) is 102 cm³/mol. The molecule has 1 aliphatic heterocycles. The number of aliphatic carboxylic acids is 1. The molecule has 1 aromatic rings. The van der Waals surface area contributed by atoms with Gasteiger partial charge in [-0.2, -0.15) is 0 Å². The third-order valence-electron chi connectivity index (χ3n) is 4.51. The molecular weight excluding hydrogens is 399 g/mol. The highest BCUT2D eigenvalue weighted by Gasteiger charge is 2.30. The Labute approximate surface area is 165 Å². The quantitative estimate of drug-likeness (QED) is 0.650. The molecule has 1 aliphatic rings. The van der Waals surface area contributed by atoms with E-state index in [9.17, 15) is 17.6 Å². The van der Waals surface area contributed by atoms with E-state index in [1.807, 2.05) is 0 Å². The molecule has 0 amide bonds. The number of hydrogen-bond acceptors (Lipinski definition) is 5. The summed E-state index contributed by atoms with van der Waals surface area (Å²) < 4.78 is 44.3. The molecule has 0 aliphatic carbocycles. The van der Waals surface area contributed by atoms with E-state index < -0.39 is 21.8 Å². The van der Waals surface area contributed by atoms with Crippen molar-refractivity contribution in [3.05, 3.63) is 30.1 Å². The molecular formula is C17H26ClFN2O5S. The Bertz CT molecular complexity index is 711. The molecule has 0 unspecified atom stereocenters. The summed E-state index contributed by atoms with van der Waals surface area (Å²) >= 11 is 0. The molecule has 0 saturated carbocycles. The Hall–Kier alpha value is -1.42. The molecule has 10 heteroatoms. The van der Waals surface area contributed by atoms with Crippen molar-refractivity contribution >= 4 is 28.4 Å². The average Bonchev–Trinajstić information content (AvgIpc) is 2.62. The van der Waals surface area contributed by atoms with Gasteiger partial charge in [0.15, 0.2) is 11.6 Å². The molecule has 1 N–H and O–H groups in total. The van der Waals surface area contributed by atoms with Crippen LogP contribution in [0.1, 0.15) is 19.8 Å². The summed E-state index contributed by atoms with van der Waals surface area (Å²) in [4.78, 5) is 12.9. The number of hydrogen-bond donors (Lipinski definition) is 1. The highest BCUT2D eigenvalue weighted by atomic mass is 35.5. The van der Waals surface area contributed by atoms with E-state index in [1.165, 1.54) is 16.4 Å². The van der Waals surface area contributed by atoms with Crippen molar-refractivity contribution in [3.63, 3.8) is 0 Å². The van der Waals surface area contributed by atoms with Gasteiger partial charge in [-0.05, 0) is 31.9 Å². The first-order chi connectivity index (χ1) is 12.3. The zero-order chi connectivity index (χ0) is 19.2. The number of carbonyl (C=O) groups is 1. The number of carboxylic acids is 1. The number of nitrogens with zero attached hydrogens (tertiary/aromatic N) is 2. The van der Waals surface area contributed by atoms with Crippen molar-refractivity contribution in [2.75, 3.05) is 38.5 Å². The number of benzene rings is 1. The predicted octanol–water partition coefficient (Wildman–Crippen LogP) is 1.83. The lowest BCUT2D eigenvalue weighted by Gasteiger charge is -2.37. The molecule has 0 radical (unpaired) electrons. The van der Waals surface area contributed by atoms with E-state index in [0.29, 0.717) is 32.5 Å². The lowest BCUT2D eigenvalue weighted by Crippen LogP contribution is -2.49. The molecule has 154 valence electrons. The summed E-state index contributed by atoms with van der Waals surface area (Å²) in [6.45, 7) is 2.69. The second-order valence-electron chi connectivity index (χ2n) is 6.17. The highest BCUT2D eigenvalue weighted by Crippen LogP contribution is 2.20. The largest absolute Gasteiger partial charge is 0.489 e. The van der Waals surface area contributed by atoms with Gasteiger partial charge in [-0.25, -0.2) is 17.1 Å². The molecule has 0 bridgehead atoms. The van der Waals surface area contributed by atoms with Crippen molar-refractivity contribution in [3.8, 4) is 5.75 Å². The first-order valence-corrected chi connectivity index (χ1v) is 10.3. The topological polar surface area (TPSA) is 87.2 Å². The SMILES string of the molecule is CCS(=O)(=O)N1CCC(N(CCOc2ccccc2F)CC(=O)O)CC1.Cl.